The summed E-state index contributed by atoms with van der Waals surface area (Å²) in [6, 6.07) is 3.62. The van der Waals surface area contributed by atoms with Crippen LogP contribution >= 0.6 is 0 Å². The summed E-state index contributed by atoms with van der Waals surface area (Å²) in [6.07, 6.45) is 2.73. The zero-order valence-corrected chi connectivity index (χ0v) is 13.1. The number of anilines is 1. The van der Waals surface area contributed by atoms with Gasteiger partial charge in [0.25, 0.3) is 5.91 Å². The number of methoxy groups -OCH3 is 2. The van der Waals surface area contributed by atoms with Crippen LogP contribution in [0.3, 0.4) is 0 Å². The third-order valence-electron chi connectivity index (χ3n) is 2.98. The summed E-state index contributed by atoms with van der Waals surface area (Å²) in [5, 5.41) is 3.23. The Morgan fingerprint density at radius 2 is 1.90 bits per heavy atom. The quantitative estimate of drug-likeness (QED) is 0.711. The molecule has 0 bridgehead atoms. The number of amides is 1. The lowest BCUT2D eigenvalue weighted by atomic mass is 10.3. The van der Waals surface area contributed by atoms with Gasteiger partial charge in [-0.05, 0) is 18.6 Å². The molecule has 0 spiro atoms. The number of carbonyl (C=O) groups is 1. The molecular formula is C15H25N3O3. The van der Waals surface area contributed by atoms with Crippen molar-refractivity contribution >= 4 is 11.6 Å². The molecule has 0 saturated heterocycles. The summed E-state index contributed by atoms with van der Waals surface area (Å²) in [5.41, 5.74) is 1.36. The Labute approximate surface area is 126 Å². The fourth-order valence-electron chi connectivity index (χ4n) is 1.77. The van der Waals surface area contributed by atoms with Gasteiger partial charge in [0.15, 0.2) is 0 Å². The Bertz CT molecular complexity index is 401. The van der Waals surface area contributed by atoms with E-state index in [1.165, 1.54) is 0 Å². The SMILES string of the molecule is CCCNc1ccc(C(=O)N(CCOC)CCOC)nc1. The van der Waals surface area contributed by atoms with Crippen molar-refractivity contribution in [2.45, 2.75) is 13.3 Å². The molecule has 0 unspecified atom stereocenters. The van der Waals surface area contributed by atoms with Gasteiger partial charge in [0, 0.05) is 33.9 Å². The number of hydrogen-bond acceptors (Lipinski definition) is 5. The second-order valence-electron chi connectivity index (χ2n) is 4.64. The predicted molar refractivity (Wildman–Crippen MR) is 82.7 cm³/mol. The van der Waals surface area contributed by atoms with E-state index in [2.05, 4.69) is 17.2 Å². The molecule has 6 nitrogen and oxygen atoms in total. The van der Waals surface area contributed by atoms with Gasteiger partial charge in [0.05, 0.1) is 25.1 Å². The number of carbonyl (C=O) groups excluding carboxylic acids is 1. The Hall–Kier alpha value is -1.66. The van der Waals surface area contributed by atoms with Gasteiger partial charge in [-0.1, -0.05) is 6.92 Å². The van der Waals surface area contributed by atoms with E-state index in [0.29, 0.717) is 32.0 Å². The summed E-state index contributed by atoms with van der Waals surface area (Å²) in [7, 11) is 3.23. The van der Waals surface area contributed by atoms with Gasteiger partial charge in [-0.3, -0.25) is 4.79 Å². The number of ether oxygens (including phenoxy) is 2. The number of hydrogen-bond donors (Lipinski definition) is 1. The second kappa shape index (κ2) is 10.1. The highest BCUT2D eigenvalue weighted by atomic mass is 16.5. The average molecular weight is 295 g/mol. The monoisotopic (exact) mass is 295 g/mol. The van der Waals surface area contributed by atoms with E-state index in [1.54, 1.807) is 31.4 Å². The molecule has 1 aromatic heterocycles. The van der Waals surface area contributed by atoms with Crippen molar-refractivity contribution < 1.29 is 14.3 Å². The highest BCUT2D eigenvalue weighted by Crippen LogP contribution is 2.08. The van der Waals surface area contributed by atoms with Crippen molar-refractivity contribution in [2.75, 3.05) is 52.4 Å². The lowest BCUT2D eigenvalue weighted by Gasteiger charge is -2.21. The van der Waals surface area contributed by atoms with Crippen LogP contribution in [0.2, 0.25) is 0 Å². The van der Waals surface area contributed by atoms with Crippen molar-refractivity contribution in [1.82, 2.24) is 9.88 Å². The zero-order chi connectivity index (χ0) is 15.5. The zero-order valence-electron chi connectivity index (χ0n) is 13.1. The Morgan fingerprint density at radius 3 is 2.38 bits per heavy atom. The van der Waals surface area contributed by atoms with Crippen LogP contribution in [0.1, 0.15) is 23.8 Å². The molecule has 1 amide bonds. The van der Waals surface area contributed by atoms with Gasteiger partial charge >= 0.3 is 0 Å². The Balaban J connectivity index is 2.67. The molecule has 21 heavy (non-hydrogen) atoms. The third-order valence-corrected chi connectivity index (χ3v) is 2.98. The summed E-state index contributed by atoms with van der Waals surface area (Å²) in [6.45, 7) is 5.02. The summed E-state index contributed by atoms with van der Waals surface area (Å²) >= 11 is 0. The van der Waals surface area contributed by atoms with E-state index < -0.39 is 0 Å². The van der Waals surface area contributed by atoms with E-state index in [1.807, 2.05) is 6.07 Å². The lowest BCUT2D eigenvalue weighted by molar-refractivity contribution is 0.0622. The van der Waals surface area contributed by atoms with Gasteiger partial charge < -0.3 is 19.7 Å². The van der Waals surface area contributed by atoms with Crippen LogP contribution in [-0.2, 0) is 9.47 Å². The van der Waals surface area contributed by atoms with E-state index in [9.17, 15) is 4.79 Å². The molecule has 0 aliphatic carbocycles. The maximum absolute atomic E-state index is 12.4. The van der Waals surface area contributed by atoms with Crippen LogP contribution in [0.25, 0.3) is 0 Å². The van der Waals surface area contributed by atoms with Crippen molar-refractivity contribution in [3.8, 4) is 0 Å². The van der Waals surface area contributed by atoms with Crippen LogP contribution in [0.4, 0.5) is 5.69 Å². The molecule has 0 radical (unpaired) electrons. The van der Waals surface area contributed by atoms with Crippen molar-refractivity contribution in [3.63, 3.8) is 0 Å². The molecule has 0 aliphatic rings. The minimum absolute atomic E-state index is 0.105. The van der Waals surface area contributed by atoms with Crippen molar-refractivity contribution in [3.05, 3.63) is 24.0 Å². The van der Waals surface area contributed by atoms with Gasteiger partial charge in [0.1, 0.15) is 5.69 Å². The molecule has 0 aromatic carbocycles. The first-order chi connectivity index (χ1) is 10.2. The van der Waals surface area contributed by atoms with Gasteiger partial charge in [-0.25, -0.2) is 4.98 Å². The third kappa shape index (κ3) is 6.10. The fraction of sp³-hybridized carbons (Fsp3) is 0.600. The van der Waals surface area contributed by atoms with E-state index in [0.717, 1.165) is 18.7 Å². The molecule has 0 saturated carbocycles. The average Bonchev–Trinajstić information content (AvgIpc) is 2.53. The molecule has 1 N–H and O–H groups in total. The molecule has 6 heteroatoms. The number of nitrogens with one attached hydrogen (secondary N) is 1. The van der Waals surface area contributed by atoms with Crippen LogP contribution in [-0.4, -0.2) is 62.9 Å². The number of pyridine rings is 1. The van der Waals surface area contributed by atoms with Crippen LogP contribution in [0.5, 0.6) is 0 Å². The first-order valence-electron chi connectivity index (χ1n) is 7.20. The minimum Gasteiger partial charge on any atom is -0.384 e. The molecule has 0 fully saturated rings. The Kier molecular flexibility index (Phi) is 8.38. The molecule has 118 valence electrons. The molecule has 1 rings (SSSR count). The number of aromatic nitrogens is 1. The molecule has 0 aliphatic heterocycles. The first-order valence-corrected chi connectivity index (χ1v) is 7.20. The fourth-order valence-corrected chi connectivity index (χ4v) is 1.77. The highest BCUT2D eigenvalue weighted by Gasteiger charge is 2.16. The summed E-state index contributed by atoms with van der Waals surface area (Å²) in [4.78, 5) is 18.3. The van der Waals surface area contributed by atoms with E-state index in [4.69, 9.17) is 9.47 Å². The van der Waals surface area contributed by atoms with E-state index >= 15 is 0 Å². The highest BCUT2D eigenvalue weighted by molar-refractivity contribution is 5.92. The Morgan fingerprint density at radius 1 is 1.24 bits per heavy atom. The van der Waals surface area contributed by atoms with Gasteiger partial charge in [-0.15, -0.1) is 0 Å². The maximum atomic E-state index is 12.4. The predicted octanol–water partition coefficient (Wildman–Crippen LogP) is 1.64. The summed E-state index contributed by atoms with van der Waals surface area (Å²) < 4.78 is 10.1. The lowest BCUT2D eigenvalue weighted by Crippen LogP contribution is -2.36. The smallest absolute Gasteiger partial charge is 0.272 e. The maximum Gasteiger partial charge on any atom is 0.272 e. The second-order valence-corrected chi connectivity index (χ2v) is 4.64. The van der Waals surface area contributed by atoms with Crippen molar-refractivity contribution in [2.24, 2.45) is 0 Å². The van der Waals surface area contributed by atoms with Gasteiger partial charge in [0.2, 0.25) is 0 Å². The molecule has 1 heterocycles. The standard InChI is InChI=1S/C15H25N3O3/c1-4-7-16-13-5-6-14(17-12-13)15(19)18(8-10-20-2)9-11-21-3/h5-6,12,16H,4,7-11H2,1-3H3. The normalized spacial score (nSPS) is 10.4. The summed E-state index contributed by atoms with van der Waals surface area (Å²) in [5.74, 6) is -0.105. The largest absolute Gasteiger partial charge is 0.384 e. The van der Waals surface area contributed by atoms with Crippen LogP contribution in [0, 0.1) is 0 Å². The first kappa shape index (κ1) is 17.4. The van der Waals surface area contributed by atoms with Crippen LogP contribution < -0.4 is 5.32 Å². The van der Waals surface area contributed by atoms with Gasteiger partial charge in [-0.2, -0.15) is 0 Å². The molecular weight excluding hydrogens is 270 g/mol. The minimum atomic E-state index is -0.105. The van der Waals surface area contributed by atoms with Crippen molar-refractivity contribution in [1.29, 1.82) is 0 Å². The number of nitrogens with zero attached hydrogens (tertiary/aromatic N) is 2. The topological polar surface area (TPSA) is 63.7 Å². The molecule has 1 aromatic rings. The number of rotatable bonds is 10. The van der Waals surface area contributed by atoms with Crippen LogP contribution in [0.15, 0.2) is 18.3 Å². The molecule has 0 atom stereocenters. The van der Waals surface area contributed by atoms with E-state index in [-0.39, 0.29) is 5.91 Å².